The predicted molar refractivity (Wildman–Crippen MR) is 80.3 cm³/mol. The monoisotopic (exact) mass is 266 g/mol. The van der Waals surface area contributed by atoms with E-state index in [0.717, 1.165) is 35.5 Å². The van der Waals surface area contributed by atoms with E-state index in [2.05, 4.69) is 17.5 Å². The van der Waals surface area contributed by atoms with E-state index in [0.29, 0.717) is 5.41 Å². The van der Waals surface area contributed by atoms with Crippen molar-refractivity contribution in [2.75, 3.05) is 11.9 Å². The molecule has 20 heavy (non-hydrogen) atoms. The number of benzene rings is 1. The first-order chi connectivity index (χ1) is 9.75. The van der Waals surface area contributed by atoms with Gasteiger partial charge in [0.15, 0.2) is 0 Å². The van der Waals surface area contributed by atoms with Gasteiger partial charge in [0.25, 0.3) is 0 Å². The van der Waals surface area contributed by atoms with E-state index in [-0.39, 0.29) is 0 Å². The molecule has 4 bridgehead atoms. The third kappa shape index (κ3) is 2.10. The van der Waals surface area contributed by atoms with Crippen LogP contribution in [0.4, 0.5) is 5.69 Å². The molecular formula is C18H22N2. The summed E-state index contributed by atoms with van der Waals surface area (Å²) in [6, 6.07) is 10.1. The number of nitrogens with one attached hydrogen (secondary N) is 1. The second-order valence-corrected chi connectivity index (χ2v) is 7.46. The minimum absolute atomic E-state index is 0.553. The third-order valence-corrected chi connectivity index (χ3v) is 5.82. The van der Waals surface area contributed by atoms with E-state index in [1.54, 1.807) is 0 Å². The Morgan fingerprint density at radius 2 is 1.75 bits per heavy atom. The SMILES string of the molecule is N#Cc1cccc(NCC23CC4CC(CC(C4)C2)C3)c1. The highest BCUT2D eigenvalue weighted by Crippen LogP contribution is 2.59. The summed E-state index contributed by atoms with van der Waals surface area (Å²) >= 11 is 0. The lowest BCUT2D eigenvalue weighted by Crippen LogP contribution is -2.49. The normalized spacial score (nSPS) is 37.6. The molecule has 4 fully saturated rings. The van der Waals surface area contributed by atoms with Crippen LogP contribution < -0.4 is 5.32 Å². The van der Waals surface area contributed by atoms with Crippen LogP contribution in [0.5, 0.6) is 0 Å². The molecule has 0 aliphatic heterocycles. The van der Waals surface area contributed by atoms with Gasteiger partial charge in [-0.05, 0) is 79.9 Å². The predicted octanol–water partition coefficient (Wildman–Crippen LogP) is 4.19. The number of nitriles is 1. The van der Waals surface area contributed by atoms with E-state index < -0.39 is 0 Å². The standard InChI is InChI=1S/C18H22N2/c19-11-13-2-1-3-17(7-13)20-12-18-8-14-4-15(9-18)6-16(5-14)10-18/h1-3,7,14-16,20H,4-6,8-10,12H2. The molecule has 5 rings (SSSR count). The number of anilines is 1. The number of hydrogen-bond acceptors (Lipinski definition) is 2. The second kappa shape index (κ2) is 4.52. The fourth-order valence-corrected chi connectivity index (χ4v) is 5.49. The first-order valence-corrected chi connectivity index (χ1v) is 7.99. The minimum atomic E-state index is 0.553. The molecule has 0 amide bonds. The zero-order chi connectivity index (χ0) is 13.6. The summed E-state index contributed by atoms with van der Waals surface area (Å²) < 4.78 is 0. The fraction of sp³-hybridized carbons (Fsp3) is 0.611. The lowest BCUT2D eigenvalue weighted by atomic mass is 9.49. The summed E-state index contributed by atoms with van der Waals surface area (Å²) in [6.45, 7) is 1.10. The zero-order valence-corrected chi connectivity index (χ0v) is 11.9. The van der Waals surface area contributed by atoms with Gasteiger partial charge in [0.2, 0.25) is 0 Å². The Morgan fingerprint density at radius 3 is 2.35 bits per heavy atom. The molecule has 2 nitrogen and oxygen atoms in total. The van der Waals surface area contributed by atoms with Crippen LogP contribution in [0, 0.1) is 34.5 Å². The molecule has 4 saturated carbocycles. The Bertz CT molecular complexity index is 519. The smallest absolute Gasteiger partial charge is 0.0992 e. The molecule has 0 unspecified atom stereocenters. The highest BCUT2D eigenvalue weighted by Gasteiger charge is 2.50. The summed E-state index contributed by atoms with van der Waals surface area (Å²) in [7, 11) is 0. The zero-order valence-electron chi connectivity index (χ0n) is 11.9. The Kier molecular flexibility index (Phi) is 2.77. The van der Waals surface area contributed by atoms with Gasteiger partial charge in [0, 0.05) is 12.2 Å². The van der Waals surface area contributed by atoms with Crippen LogP contribution in [0.15, 0.2) is 24.3 Å². The lowest BCUT2D eigenvalue weighted by Gasteiger charge is -2.57. The van der Waals surface area contributed by atoms with Crippen molar-refractivity contribution in [3.8, 4) is 6.07 Å². The molecule has 0 atom stereocenters. The van der Waals surface area contributed by atoms with Crippen molar-refractivity contribution in [2.45, 2.75) is 38.5 Å². The molecule has 4 aliphatic rings. The molecule has 1 N–H and O–H groups in total. The molecule has 1 aromatic rings. The number of hydrogen-bond donors (Lipinski definition) is 1. The van der Waals surface area contributed by atoms with E-state index in [1.165, 1.54) is 38.5 Å². The highest BCUT2D eigenvalue weighted by molar-refractivity contribution is 5.49. The maximum atomic E-state index is 8.98. The summed E-state index contributed by atoms with van der Waals surface area (Å²) in [4.78, 5) is 0. The topological polar surface area (TPSA) is 35.8 Å². The van der Waals surface area contributed by atoms with Crippen molar-refractivity contribution in [2.24, 2.45) is 23.2 Å². The summed E-state index contributed by atoms with van der Waals surface area (Å²) in [5, 5.41) is 12.6. The molecule has 104 valence electrons. The molecular weight excluding hydrogens is 244 g/mol. The maximum absolute atomic E-state index is 8.98. The van der Waals surface area contributed by atoms with Crippen LogP contribution in [-0.4, -0.2) is 6.54 Å². The van der Waals surface area contributed by atoms with Gasteiger partial charge in [0.05, 0.1) is 11.6 Å². The van der Waals surface area contributed by atoms with Crippen molar-refractivity contribution in [3.63, 3.8) is 0 Å². The van der Waals surface area contributed by atoms with Crippen LogP contribution in [-0.2, 0) is 0 Å². The second-order valence-electron chi connectivity index (χ2n) is 7.46. The molecule has 0 radical (unpaired) electrons. The molecule has 1 aromatic carbocycles. The molecule has 4 aliphatic carbocycles. The maximum Gasteiger partial charge on any atom is 0.0992 e. The van der Waals surface area contributed by atoms with E-state index in [9.17, 15) is 0 Å². The minimum Gasteiger partial charge on any atom is -0.384 e. The van der Waals surface area contributed by atoms with Gasteiger partial charge in [-0.15, -0.1) is 0 Å². The molecule has 0 heterocycles. The van der Waals surface area contributed by atoms with Crippen LogP contribution in [0.25, 0.3) is 0 Å². The largest absolute Gasteiger partial charge is 0.384 e. The van der Waals surface area contributed by atoms with Crippen molar-refractivity contribution >= 4 is 5.69 Å². The van der Waals surface area contributed by atoms with E-state index in [4.69, 9.17) is 5.26 Å². The van der Waals surface area contributed by atoms with Gasteiger partial charge < -0.3 is 5.32 Å². The lowest BCUT2D eigenvalue weighted by molar-refractivity contribution is -0.0444. The van der Waals surface area contributed by atoms with Crippen LogP contribution >= 0.6 is 0 Å². The van der Waals surface area contributed by atoms with E-state index in [1.807, 2.05) is 18.2 Å². The van der Waals surface area contributed by atoms with Gasteiger partial charge >= 0.3 is 0 Å². The molecule has 0 spiro atoms. The Morgan fingerprint density at radius 1 is 1.10 bits per heavy atom. The average Bonchev–Trinajstić information content (AvgIpc) is 2.44. The average molecular weight is 266 g/mol. The summed E-state index contributed by atoms with van der Waals surface area (Å²) in [5.74, 6) is 3.02. The molecule has 0 aromatic heterocycles. The van der Waals surface area contributed by atoms with Crippen LogP contribution in [0.3, 0.4) is 0 Å². The Balaban J connectivity index is 1.48. The fourth-order valence-electron chi connectivity index (χ4n) is 5.49. The van der Waals surface area contributed by atoms with Crippen LogP contribution in [0.1, 0.15) is 44.1 Å². The van der Waals surface area contributed by atoms with Crippen molar-refractivity contribution in [1.29, 1.82) is 5.26 Å². The number of nitrogens with zero attached hydrogens (tertiary/aromatic N) is 1. The van der Waals surface area contributed by atoms with Gasteiger partial charge in [0.1, 0.15) is 0 Å². The van der Waals surface area contributed by atoms with Gasteiger partial charge in [-0.25, -0.2) is 0 Å². The summed E-state index contributed by atoms with van der Waals surface area (Å²) in [5.41, 5.74) is 2.41. The van der Waals surface area contributed by atoms with E-state index >= 15 is 0 Å². The van der Waals surface area contributed by atoms with Gasteiger partial charge in [-0.2, -0.15) is 5.26 Å². The first-order valence-electron chi connectivity index (χ1n) is 7.99. The first kappa shape index (κ1) is 12.3. The third-order valence-electron chi connectivity index (χ3n) is 5.82. The van der Waals surface area contributed by atoms with Crippen molar-refractivity contribution < 1.29 is 0 Å². The summed E-state index contributed by atoms with van der Waals surface area (Å²) in [6.07, 6.45) is 8.81. The van der Waals surface area contributed by atoms with Gasteiger partial charge in [-0.1, -0.05) is 6.07 Å². The number of rotatable bonds is 3. The highest BCUT2D eigenvalue weighted by atomic mass is 14.9. The molecule has 2 heteroatoms. The quantitative estimate of drug-likeness (QED) is 0.890. The van der Waals surface area contributed by atoms with Crippen LogP contribution in [0.2, 0.25) is 0 Å². The molecule has 0 saturated heterocycles. The van der Waals surface area contributed by atoms with Crippen molar-refractivity contribution in [1.82, 2.24) is 0 Å². The Labute approximate surface area is 121 Å². The van der Waals surface area contributed by atoms with Gasteiger partial charge in [-0.3, -0.25) is 0 Å². The Hall–Kier alpha value is -1.49. The van der Waals surface area contributed by atoms with Crippen molar-refractivity contribution in [3.05, 3.63) is 29.8 Å².